The summed E-state index contributed by atoms with van der Waals surface area (Å²) in [7, 11) is -8.94. The minimum atomic E-state index is -4.55. The van der Waals surface area contributed by atoms with E-state index in [4.69, 9.17) is 0 Å². The van der Waals surface area contributed by atoms with Gasteiger partial charge in [0.2, 0.25) is 0 Å². The van der Waals surface area contributed by atoms with E-state index in [0.29, 0.717) is 33.5 Å². The van der Waals surface area contributed by atoms with Crippen LogP contribution in [0.1, 0.15) is 5.56 Å². The van der Waals surface area contributed by atoms with Crippen LogP contribution in [0, 0.1) is 6.92 Å². The van der Waals surface area contributed by atoms with Gasteiger partial charge in [0.1, 0.15) is 4.90 Å². The molecule has 232 valence electrons. The van der Waals surface area contributed by atoms with Crippen molar-refractivity contribution in [1.29, 1.82) is 0 Å². The fourth-order valence-electron chi connectivity index (χ4n) is 5.03. The number of fused-ring (bicyclic) bond motifs is 2. The fraction of sp³-hybridized carbons (Fsp3) is 0.0303. The Labute approximate surface area is 265 Å². The van der Waals surface area contributed by atoms with E-state index in [0.717, 1.165) is 22.0 Å². The zero-order valence-electron chi connectivity index (χ0n) is 24.2. The molecule has 13 heteroatoms. The van der Waals surface area contributed by atoms with Gasteiger partial charge in [-0.2, -0.15) is 21.9 Å². The Morgan fingerprint density at radius 1 is 0.587 bits per heavy atom. The van der Waals surface area contributed by atoms with Gasteiger partial charge in [-0.1, -0.05) is 60.2 Å². The summed E-state index contributed by atoms with van der Waals surface area (Å²) in [5.41, 5.74) is 10.7. The first-order valence-corrected chi connectivity index (χ1v) is 16.8. The molecule has 6 aromatic rings. The lowest BCUT2D eigenvalue weighted by Crippen LogP contribution is -2.10. The Balaban J connectivity index is 1.34. The Morgan fingerprint density at radius 3 is 1.93 bits per heavy atom. The summed E-state index contributed by atoms with van der Waals surface area (Å²) in [5.74, 6) is 0. The smallest absolute Gasteiger partial charge is 0.295 e. The van der Waals surface area contributed by atoms with Crippen LogP contribution >= 0.6 is 0 Å². The molecule has 0 aliphatic heterocycles. The highest BCUT2D eigenvalue weighted by Gasteiger charge is 2.19. The maximum atomic E-state index is 12.4. The SMILES string of the molecule is Cc1ccc(Nc2ccc(NNc3ccc(N=Nc4cccc(S(=O)(=O)O)c4)c4ccccc34)c3cccc(S(=O)(=O)O)c23)cc1. The molecule has 46 heavy (non-hydrogen) atoms. The summed E-state index contributed by atoms with van der Waals surface area (Å²) in [6.45, 7) is 1.97. The average Bonchev–Trinajstić information content (AvgIpc) is 3.03. The number of azo groups is 1. The third-order valence-electron chi connectivity index (χ3n) is 7.23. The van der Waals surface area contributed by atoms with Gasteiger partial charge < -0.3 is 16.2 Å². The average molecular weight is 654 g/mol. The predicted molar refractivity (Wildman–Crippen MR) is 180 cm³/mol. The zero-order valence-corrected chi connectivity index (χ0v) is 25.8. The van der Waals surface area contributed by atoms with E-state index < -0.39 is 20.2 Å². The molecule has 0 saturated carbocycles. The molecule has 0 aromatic heterocycles. The van der Waals surface area contributed by atoms with Crippen molar-refractivity contribution in [2.75, 3.05) is 16.2 Å². The van der Waals surface area contributed by atoms with Gasteiger partial charge in [0, 0.05) is 32.9 Å². The molecule has 5 N–H and O–H groups in total. The van der Waals surface area contributed by atoms with Gasteiger partial charge in [0.25, 0.3) is 20.2 Å². The number of benzene rings is 6. The molecule has 11 nitrogen and oxygen atoms in total. The molecule has 6 aromatic carbocycles. The molecule has 0 bridgehead atoms. The van der Waals surface area contributed by atoms with Crippen LogP contribution in [0.25, 0.3) is 21.5 Å². The van der Waals surface area contributed by atoms with Gasteiger partial charge in [-0.05, 0) is 67.6 Å². The Morgan fingerprint density at radius 2 is 1.22 bits per heavy atom. The summed E-state index contributed by atoms with van der Waals surface area (Å²) in [4.78, 5) is -0.514. The first-order valence-electron chi connectivity index (χ1n) is 13.9. The van der Waals surface area contributed by atoms with Crippen molar-refractivity contribution < 1.29 is 25.9 Å². The summed E-state index contributed by atoms with van der Waals surface area (Å²) in [6, 6.07) is 32.4. The van der Waals surface area contributed by atoms with Crippen molar-refractivity contribution in [3.05, 3.63) is 121 Å². The second-order valence-electron chi connectivity index (χ2n) is 10.4. The number of anilines is 4. The molecule has 0 aliphatic rings. The number of hydrogen-bond donors (Lipinski definition) is 5. The van der Waals surface area contributed by atoms with Crippen molar-refractivity contribution in [3.63, 3.8) is 0 Å². The number of rotatable bonds is 9. The highest BCUT2D eigenvalue weighted by Crippen LogP contribution is 2.38. The lowest BCUT2D eigenvalue weighted by atomic mass is 10.1. The maximum Gasteiger partial charge on any atom is 0.295 e. The first-order chi connectivity index (χ1) is 22.0. The monoisotopic (exact) mass is 653 g/mol. The summed E-state index contributed by atoms with van der Waals surface area (Å²) >= 11 is 0. The molecule has 6 rings (SSSR count). The Kier molecular flexibility index (Phi) is 8.15. The van der Waals surface area contributed by atoms with Crippen LogP contribution < -0.4 is 16.2 Å². The van der Waals surface area contributed by atoms with Crippen molar-refractivity contribution >= 4 is 75.9 Å². The second kappa shape index (κ2) is 12.2. The van der Waals surface area contributed by atoms with Crippen molar-refractivity contribution in [1.82, 2.24) is 0 Å². The largest absolute Gasteiger partial charge is 0.355 e. The molecule has 0 unspecified atom stereocenters. The van der Waals surface area contributed by atoms with Gasteiger partial charge in [-0.3, -0.25) is 9.11 Å². The van der Waals surface area contributed by atoms with Gasteiger partial charge in [0.05, 0.1) is 27.6 Å². The van der Waals surface area contributed by atoms with Gasteiger partial charge in [0.15, 0.2) is 0 Å². The lowest BCUT2D eigenvalue weighted by molar-refractivity contribution is 0.481. The van der Waals surface area contributed by atoms with Crippen molar-refractivity contribution in [2.45, 2.75) is 16.7 Å². The third kappa shape index (κ3) is 6.53. The van der Waals surface area contributed by atoms with Crippen LogP contribution in [-0.4, -0.2) is 25.9 Å². The van der Waals surface area contributed by atoms with Gasteiger partial charge in [-0.25, -0.2) is 0 Å². The normalized spacial score (nSPS) is 12.1. The van der Waals surface area contributed by atoms with Crippen LogP contribution in [0.15, 0.2) is 135 Å². The van der Waals surface area contributed by atoms with E-state index in [2.05, 4.69) is 26.4 Å². The second-order valence-corrected chi connectivity index (χ2v) is 13.2. The molecular formula is C33H27N5O6S2. The molecule has 0 radical (unpaired) electrons. The van der Waals surface area contributed by atoms with Crippen molar-refractivity contribution in [2.24, 2.45) is 10.2 Å². The van der Waals surface area contributed by atoms with Gasteiger partial charge >= 0.3 is 0 Å². The number of hydrazine groups is 1. The third-order valence-corrected chi connectivity index (χ3v) is 8.98. The Bertz CT molecular complexity index is 2360. The summed E-state index contributed by atoms with van der Waals surface area (Å²) in [5, 5.41) is 14.2. The highest BCUT2D eigenvalue weighted by atomic mass is 32.2. The maximum absolute atomic E-state index is 12.4. The minimum absolute atomic E-state index is 0.231. The standard InChI is InChI=1S/C33H27N5O6S2/c1-21-12-14-22(15-13-21)34-31-19-18-30(27-10-5-11-32(33(27)31)46(42,43)44)38-37-29-17-16-28(25-8-2-3-9-26(25)29)36-35-23-6-4-7-24(20-23)45(39,40)41/h2-20,34,37-38H,1H3,(H,39,40,41)(H,42,43,44). The first kappa shape index (κ1) is 30.7. The number of aryl methyl sites for hydroxylation is 1. The molecule has 0 spiro atoms. The molecule has 0 aliphatic carbocycles. The number of nitrogens with one attached hydrogen (secondary N) is 3. The van der Waals surface area contributed by atoms with E-state index in [1.54, 1.807) is 42.5 Å². The van der Waals surface area contributed by atoms with Crippen LogP contribution in [0.4, 0.5) is 34.1 Å². The van der Waals surface area contributed by atoms with Gasteiger partial charge in [-0.15, -0.1) is 5.11 Å². The molecular weight excluding hydrogens is 627 g/mol. The lowest BCUT2D eigenvalue weighted by Gasteiger charge is -2.18. The molecule has 0 atom stereocenters. The minimum Gasteiger partial charge on any atom is -0.355 e. The predicted octanol–water partition coefficient (Wildman–Crippen LogP) is 8.39. The zero-order chi connectivity index (χ0) is 32.5. The van der Waals surface area contributed by atoms with E-state index in [1.807, 2.05) is 55.5 Å². The molecule has 0 amide bonds. The fourth-order valence-corrected chi connectivity index (χ4v) is 6.27. The summed E-state index contributed by atoms with van der Waals surface area (Å²) in [6.07, 6.45) is 0. The van der Waals surface area contributed by atoms with Crippen LogP contribution in [0.2, 0.25) is 0 Å². The van der Waals surface area contributed by atoms with E-state index in [-0.39, 0.29) is 15.5 Å². The van der Waals surface area contributed by atoms with E-state index in [1.165, 1.54) is 24.3 Å². The molecule has 0 fully saturated rings. The quantitative estimate of drug-likeness (QED) is 0.0584. The molecule has 0 saturated heterocycles. The van der Waals surface area contributed by atoms with Crippen LogP contribution in [0.5, 0.6) is 0 Å². The number of hydrogen-bond acceptors (Lipinski definition) is 9. The Hall–Kier alpha value is -5.34. The van der Waals surface area contributed by atoms with Crippen LogP contribution in [0.3, 0.4) is 0 Å². The van der Waals surface area contributed by atoms with E-state index >= 15 is 0 Å². The molecule has 0 heterocycles. The van der Waals surface area contributed by atoms with Crippen LogP contribution in [-0.2, 0) is 20.2 Å². The highest BCUT2D eigenvalue weighted by molar-refractivity contribution is 7.86. The van der Waals surface area contributed by atoms with Crippen molar-refractivity contribution in [3.8, 4) is 0 Å². The number of nitrogens with zero attached hydrogens (tertiary/aromatic N) is 2. The summed E-state index contributed by atoms with van der Waals surface area (Å²) < 4.78 is 67.2. The van der Waals surface area contributed by atoms with E-state index in [9.17, 15) is 25.9 Å². The topological polar surface area (TPSA) is 170 Å².